The molecule has 6 heteroatoms. The lowest BCUT2D eigenvalue weighted by atomic mass is 9.91. The van der Waals surface area contributed by atoms with Crippen molar-refractivity contribution in [1.82, 2.24) is 10.2 Å². The van der Waals surface area contributed by atoms with Crippen molar-refractivity contribution in [3.05, 3.63) is 88.5 Å². The molecule has 0 fully saturated rings. The van der Waals surface area contributed by atoms with Crippen LogP contribution in [0.15, 0.2) is 60.7 Å². The standard InChI is InChI=1S/C28H33N3O2S/c1-19-8-10-21(11-9-19)18-31-13-12-22-15-26(32-3)27(33-4)16-24(22)25(31)17-29-28(34)30-23-7-5-6-20(2)14-23/h5-11,14-16,25H,12-13,17-18H2,1-4H3,(H2,29,30,34). The Hall–Kier alpha value is -3.09. The quantitative estimate of drug-likeness (QED) is 0.446. The van der Waals surface area contributed by atoms with Crippen molar-refractivity contribution < 1.29 is 9.47 Å². The van der Waals surface area contributed by atoms with Gasteiger partial charge in [0.2, 0.25) is 0 Å². The molecule has 0 saturated carbocycles. The predicted molar refractivity (Wildman–Crippen MR) is 143 cm³/mol. The maximum Gasteiger partial charge on any atom is 0.170 e. The molecule has 0 aliphatic carbocycles. The Bertz CT molecular complexity index is 1150. The summed E-state index contributed by atoms with van der Waals surface area (Å²) >= 11 is 5.63. The minimum Gasteiger partial charge on any atom is -0.493 e. The molecular weight excluding hydrogens is 442 g/mol. The second kappa shape index (κ2) is 10.9. The number of fused-ring (bicyclic) bond motifs is 1. The highest BCUT2D eigenvalue weighted by Crippen LogP contribution is 2.38. The molecule has 3 aromatic carbocycles. The predicted octanol–water partition coefficient (Wildman–Crippen LogP) is 5.41. The second-order valence-electron chi connectivity index (χ2n) is 8.83. The molecule has 2 N–H and O–H groups in total. The van der Waals surface area contributed by atoms with Gasteiger partial charge in [0.05, 0.1) is 20.3 Å². The van der Waals surface area contributed by atoms with Crippen molar-refractivity contribution in [3.8, 4) is 11.5 Å². The average Bonchev–Trinajstić information content (AvgIpc) is 2.83. The van der Waals surface area contributed by atoms with Crippen LogP contribution in [0.25, 0.3) is 0 Å². The number of nitrogens with one attached hydrogen (secondary N) is 2. The number of aryl methyl sites for hydroxylation is 2. The van der Waals surface area contributed by atoms with Gasteiger partial charge in [0.15, 0.2) is 16.6 Å². The number of benzene rings is 3. The Balaban J connectivity index is 1.57. The monoisotopic (exact) mass is 475 g/mol. The first-order valence-corrected chi connectivity index (χ1v) is 12.0. The molecule has 1 aliphatic rings. The number of hydrogen-bond acceptors (Lipinski definition) is 4. The normalized spacial score (nSPS) is 15.4. The zero-order valence-corrected chi connectivity index (χ0v) is 21.2. The van der Waals surface area contributed by atoms with E-state index >= 15 is 0 Å². The van der Waals surface area contributed by atoms with E-state index in [0.29, 0.717) is 11.7 Å². The van der Waals surface area contributed by atoms with Crippen molar-refractivity contribution in [3.63, 3.8) is 0 Å². The van der Waals surface area contributed by atoms with E-state index in [-0.39, 0.29) is 6.04 Å². The molecule has 3 aromatic rings. The molecule has 5 nitrogen and oxygen atoms in total. The van der Waals surface area contributed by atoms with Crippen molar-refractivity contribution >= 4 is 23.0 Å². The van der Waals surface area contributed by atoms with Crippen LogP contribution in [0.4, 0.5) is 5.69 Å². The summed E-state index contributed by atoms with van der Waals surface area (Å²) in [4.78, 5) is 2.52. The first kappa shape index (κ1) is 24.0. The van der Waals surface area contributed by atoms with Crippen LogP contribution in [0, 0.1) is 13.8 Å². The van der Waals surface area contributed by atoms with E-state index in [9.17, 15) is 0 Å². The summed E-state index contributed by atoms with van der Waals surface area (Å²) in [5.74, 6) is 1.53. The molecular formula is C28H33N3O2S. The van der Waals surface area contributed by atoms with Crippen LogP contribution in [0.3, 0.4) is 0 Å². The maximum absolute atomic E-state index is 5.63. The van der Waals surface area contributed by atoms with Crippen molar-refractivity contribution in [2.45, 2.75) is 32.9 Å². The molecule has 0 spiro atoms. The van der Waals surface area contributed by atoms with E-state index in [4.69, 9.17) is 21.7 Å². The van der Waals surface area contributed by atoms with Gasteiger partial charge in [-0.3, -0.25) is 4.90 Å². The zero-order valence-electron chi connectivity index (χ0n) is 20.4. The summed E-state index contributed by atoms with van der Waals surface area (Å²) in [5.41, 5.74) is 7.31. The fraction of sp³-hybridized carbons (Fsp3) is 0.321. The SMILES string of the molecule is COc1cc2c(cc1OC)C(CNC(=S)Nc1cccc(C)c1)N(Cc1ccc(C)cc1)CC2. The van der Waals surface area contributed by atoms with Gasteiger partial charge in [0, 0.05) is 25.3 Å². The number of thiocarbonyl (C=S) groups is 1. The van der Waals surface area contributed by atoms with Crippen LogP contribution in [-0.4, -0.2) is 37.3 Å². The van der Waals surface area contributed by atoms with Crippen LogP contribution in [-0.2, 0) is 13.0 Å². The van der Waals surface area contributed by atoms with E-state index in [0.717, 1.165) is 36.7 Å². The molecule has 1 aliphatic heterocycles. The second-order valence-corrected chi connectivity index (χ2v) is 9.24. The van der Waals surface area contributed by atoms with Gasteiger partial charge in [-0.15, -0.1) is 0 Å². The highest BCUT2D eigenvalue weighted by atomic mass is 32.1. The van der Waals surface area contributed by atoms with Crippen molar-refractivity contribution in [1.29, 1.82) is 0 Å². The van der Waals surface area contributed by atoms with Gasteiger partial charge in [-0.2, -0.15) is 0 Å². The Kier molecular flexibility index (Phi) is 7.70. The molecule has 4 rings (SSSR count). The lowest BCUT2D eigenvalue weighted by Gasteiger charge is -2.38. The molecule has 0 saturated heterocycles. The molecule has 1 unspecified atom stereocenters. The summed E-state index contributed by atoms with van der Waals surface area (Å²) in [7, 11) is 3.37. The van der Waals surface area contributed by atoms with Crippen molar-refractivity contribution in [2.75, 3.05) is 32.6 Å². The summed E-state index contributed by atoms with van der Waals surface area (Å²) in [5, 5.41) is 7.39. The van der Waals surface area contributed by atoms with E-state index in [1.807, 2.05) is 12.1 Å². The van der Waals surface area contributed by atoms with E-state index < -0.39 is 0 Å². The van der Waals surface area contributed by atoms with Crippen LogP contribution in [0.2, 0.25) is 0 Å². The fourth-order valence-electron chi connectivity index (χ4n) is 4.52. The molecule has 0 bridgehead atoms. The van der Waals surface area contributed by atoms with E-state index in [2.05, 4.69) is 77.9 Å². The van der Waals surface area contributed by atoms with Crippen molar-refractivity contribution in [2.24, 2.45) is 0 Å². The first-order valence-electron chi connectivity index (χ1n) is 11.6. The van der Waals surface area contributed by atoms with Crippen LogP contribution in [0.1, 0.15) is 33.9 Å². The third kappa shape index (κ3) is 5.69. The fourth-order valence-corrected chi connectivity index (χ4v) is 4.73. The highest BCUT2D eigenvalue weighted by molar-refractivity contribution is 7.80. The van der Waals surface area contributed by atoms with Gasteiger partial charge in [-0.1, -0.05) is 42.0 Å². The number of rotatable bonds is 7. The average molecular weight is 476 g/mol. The Morgan fingerprint density at radius 2 is 1.71 bits per heavy atom. The molecule has 34 heavy (non-hydrogen) atoms. The van der Waals surface area contributed by atoms with E-state index in [1.165, 1.54) is 27.8 Å². The number of nitrogens with zero attached hydrogens (tertiary/aromatic N) is 1. The largest absolute Gasteiger partial charge is 0.493 e. The summed E-state index contributed by atoms with van der Waals surface area (Å²) in [6.07, 6.45) is 0.962. The third-order valence-corrected chi connectivity index (χ3v) is 6.60. The molecule has 0 amide bonds. The lowest BCUT2D eigenvalue weighted by molar-refractivity contribution is 0.176. The molecule has 0 radical (unpaired) electrons. The number of ether oxygens (including phenoxy) is 2. The third-order valence-electron chi connectivity index (χ3n) is 6.35. The molecule has 1 heterocycles. The Morgan fingerprint density at radius 1 is 0.971 bits per heavy atom. The van der Waals surface area contributed by atoms with Gasteiger partial charge in [-0.05, 0) is 79.0 Å². The summed E-state index contributed by atoms with van der Waals surface area (Å²) in [6.45, 7) is 6.71. The van der Waals surface area contributed by atoms with Crippen LogP contribution in [0.5, 0.6) is 11.5 Å². The number of hydrogen-bond donors (Lipinski definition) is 2. The first-order chi connectivity index (χ1) is 16.5. The summed E-state index contributed by atoms with van der Waals surface area (Å²) < 4.78 is 11.2. The number of anilines is 1. The number of methoxy groups -OCH3 is 2. The van der Waals surface area contributed by atoms with Gasteiger partial charge < -0.3 is 20.1 Å². The Morgan fingerprint density at radius 3 is 2.41 bits per heavy atom. The minimum atomic E-state index is 0.141. The maximum atomic E-state index is 5.63. The molecule has 178 valence electrons. The topological polar surface area (TPSA) is 45.8 Å². The van der Waals surface area contributed by atoms with Gasteiger partial charge >= 0.3 is 0 Å². The van der Waals surface area contributed by atoms with Crippen LogP contribution >= 0.6 is 12.2 Å². The van der Waals surface area contributed by atoms with Gasteiger partial charge in [-0.25, -0.2) is 0 Å². The Labute approximate surface area is 208 Å². The van der Waals surface area contributed by atoms with Gasteiger partial charge in [0.25, 0.3) is 0 Å². The molecule has 0 aromatic heterocycles. The minimum absolute atomic E-state index is 0.141. The lowest BCUT2D eigenvalue weighted by Crippen LogP contribution is -2.42. The highest BCUT2D eigenvalue weighted by Gasteiger charge is 2.29. The zero-order chi connectivity index (χ0) is 24.1. The van der Waals surface area contributed by atoms with Gasteiger partial charge in [0.1, 0.15) is 0 Å². The van der Waals surface area contributed by atoms with E-state index in [1.54, 1.807) is 14.2 Å². The summed E-state index contributed by atoms with van der Waals surface area (Å²) in [6, 6.07) is 21.4. The smallest absolute Gasteiger partial charge is 0.170 e. The molecule has 1 atom stereocenters. The van der Waals surface area contributed by atoms with Crippen LogP contribution < -0.4 is 20.1 Å².